The molecule has 1 N–H and O–H groups in total. The molecular formula is C6H19NSn2. The van der Waals surface area contributed by atoms with E-state index < -0.39 is 37.3 Å². The van der Waals surface area contributed by atoms with Gasteiger partial charge in [0.15, 0.2) is 0 Å². The molecule has 0 aromatic rings. The Morgan fingerprint density at radius 3 is 0.889 bits per heavy atom. The third-order valence-corrected chi connectivity index (χ3v) is 33.7. The van der Waals surface area contributed by atoms with Crippen molar-refractivity contribution in [3.63, 3.8) is 0 Å². The van der Waals surface area contributed by atoms with Gasteiger partial charge in [-0.15, -0.1) is 0 Å². The monoisotopic (exact) mass is 345 g/mol. The SMILES string of the molecule is [CH3][Sn]([CH3])([CH3])[NH][Sn]([CH3])([CH3])[CH3]. The summed E-state index contributed by atoms with van der Waals surface area (Å²) < 4.78 is 3.88. The van der Waals surface area contributed by atoms with Gasteiger partial charge in [-0.2, -0.15) is 0 Å². The van der Waals surface area contributed by atoms with Crippen LogP contribution in [0.25, 0.3) is 0 Å². The number of rotatable bonds is 2. The van der Waals surface area contributed by atoms with Crippen LogP contribution in [0.5, 0.6) is 0 Å². The third-order valence-electron chi connectivity index (χ3n) is 0.750. The molecule has 0 aliphatic rings. The summed E-state index contributed by atoms with van der Waals surface area (Å²) in [6, 6.07) is 0. The zero-order valence-electron chi connectivity index (χ0n) is 7.50. The van der Waals surface area contributed by atoms with E-state index in [1.165, 1.54) is 0 Å². The fourth-order valence-corrected chi connectivity index (χ4v) is 50.6. The first-order valence-electron chi connectivity index (χ1n) is 3.50. The van der Waals surface area contributed by atoms with Crippen molar-refractivity contribution in [1.29, 1.82) is 0 Å². The maximum absolute atomic E-state index is 3.88. The second kappa shape index (κ2) is 3.30. The van der Waals surface area contributed by atoms with Crippen LogP contribution in [0.15, 0.2) is 0 Å². The van der Waals surface area contributed by atoms with Gasteiger partial charge in [-0.3, -0.25) is 0 Å². The first-order chi connectivity index (χ1) is 3.71. The van der Waals surface area contributed by atoms with Gasteiger partial charge < -0.3 is 0 Å². The van der Waals surface area contributed by atoms with Crippen LogP contribution in [0.1, 0.15) is 0 Å². The summed E-state index contributed by atoms with van der Waals surface area (Å²) in [7, 11) is 0. The van der Waals surface area contributed by atoms with Crippen molar-refractivity contribution in [3.05, 3.63) is 0 Å². The van der Waals surface area contributed by atoms with E-state index in [4.69, 9.17) is 0 Å². The van der Waals surface area contributed by atoms with E-state index in [0.29, 0.717) is 0 Å². The Labute approximate surface area is 68.1 Å². The van der Waals surface area contributed by atoms with Crippen LogP contribution in [0.3, 0.4) is 0 Å². The number of hydrogen-bond donors (Lipinski definition) is 1. The van der Waals surface area contributed by atoms with Crippen molar-refractivity contribution in [3.8, 4) is 0 Å². The Kier molecular flexibility index (Phi) is 3.87. The van der Waals surface area contributed by atoms with Crippen LogP contribution in [0, 0.1) is 0 Å². The molecule has 0 rings (SSSR count). The van der Waals surface area contributed by atoms with Gasteiger partial charge in [0, 0.05) is 0 Å². The van der Waals surface area contributed by atoms with E-state index >= 15 is 0 Å². The van der Waals surface area contributed by atoms with Crippen molar-refractivity contribution in [2.24, 2.45) is 0 Å². The second-order valence-corrected chi connectivity index (χ2v) is 35.8. The van der Waals surface area contributed by atoms with Gasteiger partial charge in [-0.1, -0.05) is 0 Å². The summed E-state index contributed by atoms with van der Waals surface area (Å²) in [6.07, 6.45) is 0. The molecule has 56 valence electrons. The van der Waals surface area contributed by atoms with Crippen molar-refractivity contribution < 1.29 is 0 Å². The minimum absolute atomic E-state index is 1.60. The molecule has 0 heterocycles. The topological polar surface area (TPSA) is 12.0 Å². The molecule has 0 bridgehead atoms. The van der Waals surface area contributed by atoms with Crippen LogP contribution in [-0.2, 0) is 0 Å². The van der Waals surface area contributed by atoms with Crippen LogP contribution in [0.2, 0.25) is 29.6 Å². The van der Waals surface area contributed by atoms with Crippen molar-refractivity contribution in [1.82, 2.24) is 1.76 Å². The summed E-state index contributed by atoms with van der Waals surface area (Å²) in [5.74, 6) is 0. The zero-order valence-corrected chi connectivity index (χ0v) is 13.2. The molecule has 0 aromatic heterocycles. The summed E-state index contributed by atoms with van der Waals surface area (Å²) >= 11 is -3.21. The third kappa shape index (κ3) is 9.56. The predicted molar refractivity (Wildman–Crippen MR) is 49.8 cm³/mol. The Morgan fingerprint density at radius 2 is 0.889 bits per heavy atom. The fourth-order valence-electron chi connectivity index (χ4n) is 1.12. The van der Waals surface area contributed by atoms with E-state index in [-0.39, 0.29) is 0 Å². The molecule has 0 aliphatic carbocycles. The molecule has 0 unspecified atom stereocenters. The standard InChI is InChI=1S/6CH3.HN.2Sn/h6*1H3;1H;;. The molecule has 0 aliphatic heterocycles. The van der Waals surface area contributed by atoms with Crippen molar-refractivity contribution in [2.45, 2.75) is 29.6 Å². The second-order valence-electron chi connectivity index (χ2n) is 4.62. The van der Waals surface area contributed by atoms with E-state index in [1.807, 2.05) is 0 Å². The van der Waals surface area contributed by atoms with Gasteiger partial charge in [0.25, 0.3) is 0 Å². The van der Waals surface area contributed by atoms with E-state index in [0.717, 1.165) is 0 Å². The van der Waals surface area contributed by atoms with Crippen LogP contribution in [0.4, 0.5) is 0 Å². The molecule has 0 saturated heterocycles. The van der Waals surface area contributed by atoms with Crippen LogP contribution < -0.4 is 1.76 Å². The Morgan fingerprint density at radius 1 is 0.667 bits per heavy atom. The van der Waals surface area contributed by atoms with Gasteiger partial charge in [-0.25, -0.2) is 0 Å². The fraction of sp³-hybridized carbons (Fsp3) is 1.00. The van der Waals surface area contributed by atoms with Crippen LogP contribution in [-0.4, -0.2) is 37.3 Å². The average molecular weight is 343 g/mol. The first kappa shape index (κ1) is 10.6. The molecule has 1 nitrogen and oxygen atoms in total. The average Bonchev–Trinajstić information content (AvgIpc) is 1.14. The molecule has 0 saturated carbocycles. The Balaban J connectivity index is 3.75. The number of hydrogen-bond acceptors (Lipinski definition) is 1. The summed E-state index contributed by atoms with van der Waals surface area (Å²) in [5, 5.41) is 0. The Bertz CT molecular complexity index is 76.2. The summed E-state index contributed by atoms with van der Waals surface area (Å²) in [6.45, 7) is 0. The molecular weight excluding hydrogens is 323 g/mol. The maximum atomic E-state index is 3.88. The quantitative estimate of drug-likeness (QED) is 0.759. The van der Waals surface area contributed by atoms with Gasteiger partial charge in [0.05, 0.1) is 0 Å². The molecule has 0 atom stereocenters. The van der Waals surface area contributed by atoms with Gasteiger partial charge in [0.2, 0.25) is 0 Å². The predicted octanol–water partition coefficient (Wildman–Crippen LogP) is 2.25. The van der Waals surface area contributed by atoms with Gasteiger partial charge >= 0.3 is 68.7 Å². The Hall–Kier alpha value is 1.56. The summed E-state index contributed by atoms with van der Waals surface area (Å²) in [4.78, 5) is 14.6. The zero-order chi connectivity index (χ0) is 7.71. The first-order valence-corrected chi connectivity index (χ1v) is 23.5. The van der Waals surface area contributed by atoms with Crippen molar-refractivity contribution >= 4 is 37.3 Å². The minimum atomic E-state index is -1.60. The molecule has 0 fully saturated rings. The summed E-state index contributed by atoms with van der Waals surface area (Å²) in [5.41, 5.74) is 0. The van der Waals surface area contributed by atoms with Crippen LogP contribution >= 0.6 is 0 Å². The molecule has 0 amide bonds. The van der Waals surface area contributed by atoms with Crippen molar-refractivity contribution in [2.75, 3.05) is 0 Å². The van der Waals surface area contributed by atoms with E-state index in [2.05, 4.69) is 31.4 Å². The van der Waals surface area contributed by atoms with E-state index in [1.54, 1.807) is 0 Å². The molecule has 0 aromatic carbocycles. The van der Waals surface area contributed by atoms with Gasteiger partial charge in [0.1, 0.15) is 0 Å². The number of nitrogens with one attached hydrogen (secondary N) is 1. The van der Waals surface area contributed by atoms with E-state index in [9.17, 15) is 0 Å². The molecule has 9 heavy (non-hydrogen) atoms. The van der Waals surface area contributed by atoms with Gasteiger partial charge in [-0.05, 0) is 0 Å². The molecule has 0 spiro atoms. The molecule has 0 radical (unpaired) electrons. The molecule has 3 heteroatoms. The normalized spacial score (nSPS) is 14.0.